The van der Waals surface area contributed by atoms with Gasteiger partial charge in [0.1, 0.15) is 0 Å². The lowest BCUT2D eigenvalue weighted by atomic mass is 9.67. The largest absolute Gasteiger partial charge is 0.309 e. The molecule has 1 aliphatic rings. The Morgan fingerprint density at radius 3 is 1.74 bits per heavy atom. The average molecular weight is 827 g/mol. The molecule has 12 aromatic rings. The summed E-state index contributed by atoms with van der Waals surface area (Å²) in [5, 5.41) is 7.30. The van der Waals surface area contributed by atoms with Crippen LogP contribution in [0, 0.1) is 0 Å². The number of aromatic nitrogens is 1. The Bertz CT molecular complexity index is 3740. The first kappa shape index (κ1) is 37.1. The quantitative estimate of drug-likeness (QED) is 0.155. The molecule has 1 heterocycles. The van der Waals surface area contributed by atoms with Crippen LogP contribution in [0.15, 0.2) is 255 Å². The zero-order chi connectivity index (χ0) is 42.9. The first-order valence-electron chi connectivity index (χ1n) is 22.5. The van der Waals surface area contributed by atoms with Gasteiger partial charge in [-0.25, -0.2) is 0 Å². The van der Waals surface area contributed by atoms with Gasteiger partial charge in [-0.3, -0.25) is 0 Å². The summed E-state index contributed by atoms with van der Waals surface area (Å²) in [6.45, 7) is 0. The van der Waals surface area contributed by atoms with Gasteiger partial charge in [0.2, 0.25) is 0 Å². The minimum Gasteiger partial charge on any atom is -0.309 e. The maximum atomic E-state index is 2.49. The number of para-hydroxylation sites is 2. The minimum atomic E-state index is -0.499. The summed E-state index contributed by atoms with van der Waals surface area (Å²) in [6, 6.07) is 94.0. The van der Waals surface area contributed by atoms with E-state index >= 15 is 0 Å². The van der Waals surface area contributed by atoms with Gasteiger partial charge in [0.25, 0.3) is 0 Å². The Labute approximate surface area is 378 Å². The molecule has 0 fully saturated rings. The molecule has 0 saturated carbocycles. The fourth-order valence-corrected chi connectivity index (χ4v) is 11.0. The number of fused-ring (bicyclic) bond motifs is 8. The van der Waals surface area contributed by atoms with Crippen molar-refractivity contribution in [2.45, 2.75) is 5.41 Å². The standard InChI is InChI=1S/C63H42N2/c1-3-22-47(23-4-1)63(48-24-5-2-6-25-48)57-30-14-11-28-53(57)54-39-37-50(42-58(54)63)65-61-32-16-13-29-55(61)56-38-35-46(41-62(56)65)52-27-12-15-31-59(52)64(49-36-34-43-18-7-8-20-45(43)40-49)60-33-17-21-44-19-9-10-26-51(44)60/h1-42H. The van der Waals surface area contributed by atoms with Gasteiger partial charge in [0.05, 0.1) is 27.8 Å². The molecule has 0 N–H and O–H groups in total. The predicted molar refractivity (Wildman–Crippen MR) is 273 cm³/mol. The Hall–Kier alpha value is -8.46. The van der Waals surface area contributed by atoms with Gasteiger partial charge in [0.15, 0.2) is 0 Å². The zero-order valence-electron chi connectivity index (χ0n) is 35.6. The van der Waals surface area contributed by atoms with Crippen molar-refractivity contribution >= 4 is 60.4 Å². The molecule has 304 valence electrons. The highest BCUT2D eigenvalue weighted by molar-refractivity contribution is 6.11. The number of nitrogens with zero attached hydrogens (tertiary/aromatic N) is 2. The third-order valence-electron chi connectivity index (χ3n) is 13.8. The topological polar surface area (TPSA) is 8.17 Å². The minimum absolute atomic E-state index is 0.499. The molecular weight excluding hydrogens is 785 g/mol. The number of rotatable bonds is 7. The molecule has 65 heavy (non-hydrogen) atoms. The van der Waals surface area contributed by atoms with Crippen LogP contribution in [-0.4, -0.2) is 4.57 Å². The van der Waals surface area contributed by atoms with Crippen LogP contribution in [0.1, 0.15) is 22.3 Å². The number of hydrogen-bond acceptors (Lipinski definition) is 1. The summed E-state index contributed by atoms with van der Waals surface area (Å²) in [4.78, 5) is 2.45. The lowest BCUT2D eigenvalue weighted by Crippen LogP contribution is -2.28. The molecule has 1 aliphatic carbocycles. The molecule has 1 aromatic heterocycles. The molecule has 0 unspecified atom stereocenters. The molecule has 0 bridgehead atoms. The van der Waals surface area contributed by atoms with Crippen LogP contribution in [0.5, 0.6) is 0 Å². The van der Waals surface area contributed by atoms with Gasteiger partial charge in [-0.15, -0.1) is 0 Å². The van der Waals surface area contributed by atoms with Gasteiger partial charge < -0.3 is 9.47 Å². The third kappa shape index (κ3) is 5.67. The van der Waals surface area contributed by atoms with Gasteiger partial charge in [0, 0.05) is 33.1 Å². The fraction of sp³-hybridized carbons (Fsp3) is 0.0159. The van der Waals surface area contributed by atoms with Crippen molar-refractivity contribution in [3.05, 3.63) is 277 Å². The monoisotopic (exact) mass is 826 g/mol. The highest BCUT2D eigenvalue weighted by atomic mass is 15.1. The number of hydrogen-bond donors (Lipinski definition) is 0. The first-order chi connectivity index (χ1) is 32.3. The summed E-state index contributed by atoms with van der Waals surface area (Å²) in [7, 11) is 0. The van der Waals surface area contributed by atoms with Crippen molar-refractivity contribution < 1.29 is 0 Å². The average Bonchev–Trinajstić information content (AvgIpc) is 3.87. The fourth-order valence-electron chi connectivity index (χ4n) is 11.0. The third-order valence-corrected chi connectivity index (χ3v) is 13.8. The van der Waals surface area contributed by atoms with Crippen molar-refractivity contribution in [2.75, 3.05) is 4.90 Å². The molecule has 13 rings (SSSR count). The van der Waals surface area contributed by atoms with E-state index < -0.39 is 5.41 Å². The van der Waals surface area contributed by atoms with E-state index in [4.69, 9.17) is 0 Å². The molecule has 0 radical (unpaired) electrons. The molecule has 2 nitrogen and oxygen atoms in total. The summed E-state index contributed by atoms with van der Waals surface area (Å²) in [5.74, 6) is 0. The second-order valence-electron chi connectivity index (χ2n) is 17.2. The van der Waals surface area contributed by atoms with Crippen LogP contribution in [0.2, 0.25) is 0 Å². The molecule has 0 atom stereocenters. The Kier molecular flexibility index (Phi) is 8.47. The van der Waals surface area contributed by atoms with Crippen LogP contribution in [0.25, 0.3) is 71.3 Å². The van der Waals surface area contributed by atoms with Crippen LogP contribution in [0.4, 0.5) is 17.1 Å². The second kappa shape index (κ2) is 14.8. The van der Waals surface area contributed by atoms with E-state index in [1.807, 2.05) is 0 Å². The van der Waals surface area contributed by atoms with Crippen molar-refractivity contribution in [1.82, 2.24) is 4.57 Å². The van der Waals surface area contributed by atoms with Crippen molar-refractivity contribution in [3.8, 4) is 27.9 Å². The van der Waals surface area contributed by atoms with Crippen molar-refractivity contribution in [2.24, 2.45) is 0 Å². The molecule has 11 aromatic carbocycles. The van der Waals surface area contributed by atoms with Gasteiger partial charge >= 0.3 is 0 Å². The molecule has 0 aliphatic heterocycles. The smallest absolute Gasteiger partial charge is 0.0714 e. The Morgan fingerprint density at radius 2 is 0.923 bits per heavy atom. The lowest BCUT2D eigenvalue weighted by Gasteiger charge is -2.34. The van der Waals surface area contributed by atoms with Gasteiger partial charge in [-0.1, -0.05) is 206 Å². The van der Waals surface area contributed by atoms with E-state index in [-0.39, 0.29) is 0 Å². The summed E-state index contributed by atoms with van der Waals surface area (Å²) >= 11 is 0. The van der Waals surface area contributed by atoms with Crippen LogP contribution in [0.3, 0.4) is 0 Å². The Morgan fingerprint density at radius 1 is 0.323 bits per heavy atom. The van der Waals surface area contributed by atoms with E-state index in [2.05, 4.69) is 264 Å². The maximum absolute atomic E-state index is 2.49. The highest BCUT2D eigenvalue weighted by Gasteiger charge is 2.46. The molecular formula is C63H42N2. The second-order valence-corrected chi connectivity index (χ2v) is 17.2. The molecule has 2 heteroatoms. The van der Waals surface area contributed by atoms with E-state index in [0.29, 0.717) is 0 Å². The van der Waals surface area contributed by atoms with Crippen LogP contribution >= 0.6 is 0 Å². The van der Waals surface area contributed by atoms with E-state index in [9.17, 15) is 0 Å². The van der Waals surface area contributed by atoms with Gasteiger partial charge in [-0.2, -0.15) is 0 Å². The Balaban J connectivity index is 1.05. The van der Waals surface area contributed by atoms with Crippen LogP contribution < -0.4 is 4.90 Å². The van der Waals surface area contributed by atoms with E-state index in [1.165, 1.54) is 76.7 Å². The maximum Gasteiger partial charge on any atom is 0.0714 e. The lowest BCUT2D eigenvalue weighted by molar-refractivity contribution is 0.767. The van der Waals surface area contributed by atoms with Crippen LogP contribution in [-0.2, 0) is 5.41 Å². The van der Waals surface area contributed by atoms with Crippen molar-refractivity contribution in [1.29, 1.82) is 0 Å². The molecule has 0 saturated heterocycles. The summed E-state index contributed by atoms with van der Waals surface area (Å²) in [5.41, 5.74) is 16.4. The first-order valence-corrected chi connectivity index (χ1v) is 22.5. The summed E-state index contributed by atoms with van der Waals surface area (Å²) < 4.78 is 2.49. The normalized spacial score (nSPS) is 12.7. The molecule has 0 amide bonds. The summed E-state index contributed by atoms with van der Waals surface area (Å²) in [6.07, 6.45) is 0. The van der Waals surface area contributed by atoms with E-state index in [0.717, 1.165) is 33.9 Å². The highest BCUT2D eigenvalue weighted by Crippen LogP contribution is 2.57. The van der Waals surface area contributed by atoms with E-state index in [1.54, 1.807) is 0 Å². The number of anilines is 3. The molecule has 0 spiro atoms. The SMILES string of the molecule is c1ccc(C2(c3ccccc3)c3ccccc3-c3ccc(-n4c5ccccc5c5ccc(-c6ccccc6N(c6ccc7ccccc7c6)c6cccc7ccccc67)cc54)cc32)cc1. The predicted octanol–water partition coefficient (Wildman–Crippen LogP) is 16.6. The van der Waals surface area contributed by atoms with Gasteiger partial charge in [-0.05, 0) is 104 Å². The zero-order valence-corrected chi connectivity index (χ0v) is 35.6. The number of benzene rings is 11. The van der Waals surface area contributed by atoms with Crippen molar-refractivity contribution in [3.63, 3.8) is 0 Å².